The highest BCUT2D eigenvalue weighted by Gasteiger charge is 2.47. The molecule has 2 heterocycles. The van der Waals surface area contributed by atoms with Crippen LogP contribution in [-0.4, -0.2) is 282 Å². The summed E-state index contributed by atoms with van der Waals surface area (Å²) in [5.41, 5.74) is 22.2. The number of aliphatic hydroxyl groups excluding tert-OH is 4. The maximum Gasteiger partial charge on any atom is 0.370 e. The van der Waals surface area contributed by atoms with Gasteiger partial charge in [-0.2, -0.15) is 0 Å². The fourth-order valence-corrected chi connectivity index (χ4v) is 7.81. The van der Waals surface area contributed by atoms with E-state index in [1.807, 2.05) is 4.90 Å². The van der Waals surface area contributed by atoms with Crippen molar-refractivity contribution in [2.75, 3.05) is 138 Å². The molecule has 10 atom stereocenters. The van der Waals surface area contributed by atoms with Gasteiger partial charge in [0.25, 0.3) is 0 Å². The third-order valence-corrected chi connectivity index (χ3v) is 11.5. The highest BCUT2D eigenvalue weighted by Crippen LogP contribution is 2.28. The molecule has 0 aromatic rings. The molecule has 0 radical (unpaired) electrons. The average molecular weight is 1180 g/mol. The number of aliphatic hydroxyl groups is 4. The molecule has 0 spiro atoms. The minimum Gasteiger partial charge on any atom is -0.478 e. The van der Waals surface area contributed by atoms with Gasteiger partial charge in [0.1, 0.15) is 44.2 Å². The Morgan fingerprint density at radius 2 is 0.963 bits per heavy atom. The summed E-state index contributed by atoms with van der Waals surface area (Å²) in [4.78, 5) is 83.7. The van der Waals surface area contributed by atoms with Gasteiger partial charge in [0.05, 0.1) is 96.8 Å². The number of carbonyl (C=O) groups excluding carboxylic acids is 4. The first-order chi connectivity index (χ1) is 39.2. The number of terminal acetylenes is 1. The number of guanidine groups is 2. The third kappa shape index (κ3) is 29.5. The van der Waals surface area contributed by atoms with Crippen molar-refractivity contribution in [3.8, 4) is 12.3 Å². The standard InChI is InChI=1S/C49H83N11O22/c1-4-12-73-18-20-77-22-23-78-21-19-76-17-11-60(9-15-74-13-5-7-54-38(67)28-79-42(34(65)26-61)44-40(56-30(2)63)32(58-48(50)51)24-36(81-44)46(69)70)10-16-75-14-6-8-55-39(68)29-80-43(35(66)27-62)45-41(57-31(3)64)33(59-49(52)53)25-37(82-45)47(71)72/h1,24-25,32-35,40-45,61-62,65-66H,5-23,26-29H2,2-3H3,(H,54,67)(H,55,68)(H,56,63)(H,57,64)(H,69,70)(H,71,72)(H4,50,51,58)(H4,52,53,59)/t32-,33-,34+,35+,40+,41?,42+,43+,44+,45+/m0/s1. The van der Waals surface area contributed by atoms with Crippen molar-refractivity contribution >= 4 is 47.5 Å². The molecule has 2 aliphatic rings. The summed E-state index contributed by atoms with van der Waals surface area (Å²) in [6, 6.07) is -4.75. The smallest absolute Gasteiger partial charge is 0.370 e. The van der Waals surface area contributed by atoms with E-state index in [0.29, 0.717) is 91.9 Å². The quantitative estimate of drug-likeness (QED) is 0.0117. The lowest BCUT2D eigenvalue weighted by Gasteiger charge is -2.40. The van der Waals surface area contributed by atoms with Gasteiger partial charge in [0, 0.05) is 59.8 Å². The van der Waals surface area contributed by atoms with E-state index in [9.17, 15) is 59.4 Å². The molecule has 2 rings (SSSR count). The number of carboxylic acids is 2. The van der Waals surface area contributed by atoms with Gasteiger partial charge in [0.2, 0.25) is 35.1 Å². The predicted octanol–water partition coefficient (Wildman–Crippen LogP) is -7.46. The lowest BCUT2D eigenvalue weighted by molar-refractivity contribution is -0.158. The molecule has 0 fully saturated rings. The van der Waals surface area contributed by atoms with Crippen LogP contribution >= 0.6 is 0 Å². The molecule has 33 nitrogen and oxygen atoms in total. The Hall–Kier alpha value is -6.52. The zero-order chi connectivity index (χ0) is 60.8. The summed E-state index contributed by atoms with van der Waals surface area (Å²) in [6.07, 6.45) is -1.47. The number of nitrogens with one attached hydrogen (secondary N) is 4. The first-order valence-electron chi connectivity index (χ1n) is 26.1. The molecule has 0 aliphatic carbocycles. The zero-order valence-corrected chi connectivity index (χ0v) is 46.1. The predicted molar refractivity (Wildman–Crippen MR) is 287 cm³/mol. The molecular weight excluding hydrogens is 1090 g/mol. The lowest BCUT2D eigenvalue weighted by atomic mass is 9.92. The van der Waals surface area contributed by atoms with Crippen LogP contribution in [0, 0.1) is 12.3 Å². The molecule has 0 aromatic carbocycles. The van der Waals surface area contributed by atoms with Gasteiger partial charge in [-0.3, -0.25) is 24.1 Å². The molecule has 82 heavy (non-hydrogen) atoms. The number of carbonyl (C=O) groups is 6. The summed E-state index contributed by atoms with van der Waals surface area (Å²) in [7, 11) is 0. The van der Waals surface area contributed by atoms with Crippen LogP contribution in [0.5, 0.6) is 0 Å². The maximum absolute atomic E-state index is 12.8. The fourth-order valence-electron chi connectivity index (χ4n) is 7.81. The van der Waals surface area contributed by atoms with Crippen LogP contribution in [0.4, 0.5) is 0 Å². The van der Waals surface area contributed by atoms with Crippen molar-refractivity contribution in [3.63, 3.8) is 0 Å². The van der Waals surface area contributed by atoms with Gasteiger partial charge in [-0.15, -0.1) is 6.42 Å². The van der Waals surface area contributed by atoms with E-state index in [1.54, 1.807) is 0 Å². The second kappa shape index (κ2) is 41.5. The minimum atomic E-state index is -1.71. The first kappa shape index (κ1) is 71.6. The second-order valence-electron chi connectivity index (χ2n) is 18.0. The molecule has 0 aromatic heterocycles. The van der Waals surface area contributed by atoms with Crippen LogP contribution in [-0.2, 0) is 76.1 Å². The van der Waals surface area contributed by atoms with Gasteiger partial charge in [-0.1, -0.05) is 5.92 Å². The van der Waals surface area contributed by atoms with Crippen LogP contribution < -0.4 is 44.2 Å². The van der Waals surface area contributed by atoms with E-state index in [2.05, 4.69) is 37.2 Å². The second-order valence-corrected chi connectivity index (χ2v) is 18.0. The van der Waals surface area contributed by atoms with Crippen LogP contribution in [0.3, 0.4) is 0 Å². The average Bonchev–Trinajstić information content (AvgIpc) is 3.63. The molecule has 2 aliphatic heterocycles. The summed E-state index contributed by atoms with van der Waals surface area (Å²) >= 11 is 0. The maximum atomic E-state index is 12.8. The summed E-state index contributed by atoms with van der Waals surface area (Å²) in [6.45, 7) is 4.77. The van der Waals surface area contributed by atoms with E-state index < -0.39 is 146 Å². The molecule has 466 valence electrons. The number of rotatable bonds is 45. The number of ether oxygens (including phenoxy) is 10. The Labute approximate surface area is 474 Å². The van der Waals surface area contributed by atoms with E-state index >= 15 is 0 Å². The molecule has 0 saturated carbocycles. The molecule has 1 unspecified atom stereocenters. The van der Waals surface area contributed by atoms with Crippen molar-refractivity contribution in [3.05, 3.63) is 23.7 Å². The molecule has 0 saturated heterocycles. The lowest BCUT2D eigenvalue weighted by Crippen LogP contribution is -2.60. The zero-order valence-electron chi connectivity index (χ0n) is 46.1. The molecule has 4 amide bonds. The summed E-state index contributed by atoms with van der Waals surface area (Å²) in [5.74, 6) is -5.24. The Morgan fingerprint density at radius 1 is 0.610 bits per heavy atom. The van der Waals surface area contributed by atoms with Crippen LogP contribution in [0.25, 0.3) is 0 Å². The number of nitrogens with zero attached hydrogens (tertiary/aromatic N) is 3. The van der Waals surface area contributed by atoms with Crippen molar-refractivity contribution in [1.82, 2.24) is 26.2 Å². The van der Waals surface area contributed by atoms with Gasteiger partial charge in [0.15, 0.2) is 24.1 Å². The Bertz CT molecular complexity index is 1990. The monoisotopic (exact) mass is 1180 g/mol. The molecule has 0 bridgehead atoms. The Morgan fingerprint density at radius 3 is 1.29 bits per heavy atom. The minimum absolute atomic E-state index is 0.148. The number of amides is 4. The molecule has 33 heteroatoms. The Kier molecular flexibility index (Phi) is 36.2. The van der Waals surface area contributed by atoms with E-state index in [1.165, 1.54) is 13.8 Å². The van der Waals surface area contributed by atoms with Gasteiger partial charge >= 0.3 is 11.9 Å². The van der Waals surface area contributed by atoms with E-state index in [-0.39, 0.29) is 32.9 Å². The highest BCUT2D eigenvalue weighted by molar-refractivity contribution is 5.86. The summed E-state index contributed by atoms with van der Waals surface area (Å²) in [5, 5.41) is 70.8. The number of aliphatic imine (C=N–C) groups is 2. The number of carboxylic acid groups (broad SMARTS) is 2. The van der Waals surface area contributed by atoms with Crippen molar-refractivity contribution < 1.29 is 107 Å². The van der Waals surface area contributed by atoms with Crippen LogP contribution in [0.1, 0.15) is 26.7 Å². The number of aliphatic carboxylic acids is 2. The third-order valence-electron chi connectivity index (χ3n) is 11.5. The van der Waals surface area contributed by atoms with Crippen LogP contribution in [0.2, 0.25) is 0 Å². The normalized spacial score (nSPS) is 20.0. The molecule has 18 N–H and O–H groups in total. The van der Waals surface area contributed by atoms with E-state index in [0.717, 1.165) is 12.2 Å². The first-order valence-corrected chi connectivity index (χ1v) is 26.1. The van der Waals surface area contributed by atoms with Crippen molar-refractivity contribution in [2.45, 2.75) is 87.5 Å². The van der Waals surface area contributed by atoms with Gasteiger partial charge in [-0.05, 0) is 25.0 Å². The topological polar surface area (TPSA) is 496 Å². The number of nitrogens with two attached hydrogens (primary N) is 4. The van der Waals surface area contributed by atoms with Gasteiger partial charge in [-0.25, -0.2) is 19.6 Å². The van der Waals surface area contributed by atoms with Crippen LogP contribution in [0.15, 0.2) is 33.7 Å². The largest absolute Gasteiger partial charge is 0.478 e. The SMILES string of the molecule is C#CCOCCOCCOCCOCCN(CCOCCCNC(=O)CO[C@H]([C@H](O)CO)[C@@H]1OC(C(=O)O)=C[C@H](N=C(N)N)C1NC(C)=O)CCOCCCNC(=O)CO[C@@H]([C@@H]1OC(C(=O)O)=C[C@H](N=C(N)N)[C@H]1NC(C)=O)[C@H](O)CO. The molecular formula is C49H83N11O22. The Balaban J connectivity index is 1.90. The number of hydrogen-bond acceptors (Lipinski definition) is 23. The van der Waals surface area contributed by atoms with Crippen molar-refractivity contribution in [1.29, 1.82) is 0 Å². The highest BCUT2D eigenvalue weighted by atomic mass is 16.6. The number of hydrogen-bond donors (Lipinski definition) is 14. The van der Waals surface area contributed by atoms with E-state index in [4.69, 9.17) is 76.7 Å². The summed E-state index contributed by atoms with van der Waals surface area (Å²) < 4.78 is 56.0. The van der Waals surface area contributed by atoms with Crippen molar-refractivity contribution in [2.24, 2.45) is 32.9 Å². The van der Waals surface area contributed by atoms with Gasteiger partial charge < -0.3 is 122 Å². The fraction of sp³-hybridized carbons (Fsp3) is 0.714.